The van der Waals surface area contributed by atoms with Crippen molar-refractivity contribution in [1.29, 1.82) is 5.26 Å². The molecule has 0 spiro atoms. The van der Waals surface area contributed by atoms with Crippen molar-refractivity contribution in [3.63, 3.8) is 0 Å². The number of carboxylic acid groups (broad SMARTS) is 1. The van der Waals surface area contributed by atoms with Crippen LogP contribution in [-0.4, -0.2) is 21.3 Å². The highest BCUT2D eigenvalue weighted by Crippen LogP contribution is 2.24. The molecule has 0 saturated carbocycles. The number of carboxylic acids is 1. The lowest BCUT2D eigenvalue weighted by molar-refractivity contribution is 0.0696. The lowest BCUT2D eigenvalue weighted by Gasteiger charge is -1.97. The highest BCUT2D eigenvalue weighted by Gasteiger charge is 2.05. The van der Waals surface area contributed by atoms with E-state index in [1.807, 2.05) is 0 Å². The van der Waals surface area contributed by atoms with E-state index in [2.05, 4.69) is 0 Å². The van der Waals surface area contributed by atoms with Gasteiger partial charge < -0.3 is 15.3 Å². The number of phenolic OH excluding ortho intramolecular Hbond substituents is 2. The van der Waals surface area contributed by atoms with Crippen LogP contribution in [-0.2, 0) is 0 Å². The molecule has 0 heterocycles. The summed E-state index contributed by atoms with van der Waals surface area (Å²) in [6, 6.07) is 5.06. The molecule has 5 heteroatoms. The monoisotopic (exact) mass is 195 g/mol. The molecular weight excluding hydrogens is 186 g/mol. The molecule has 0 fully saturated rings. The van der Waals surface area contributed by atoms with Crippen molar-refractivity contribution in [3.8, 4) is 17.6 Å². The fourth-order valence-corrected chi connectivity index (χ4v) is 0.656. The van der Waals surface area contributed by atoms with Crippen LogP contribution in [0.1, 0.15) is 17.3 Å². The average Bonchev–Trinajstić information content (AvgIpc) is 2.10. The van der Waals surface area contributed by atoms with Gasteiger partial charge in [-0.1, -0.05) is 0 Å². The Hall–Kier alpha value is -2.22. The van der Waals surface area contributed by atoms with Crippen molar-refractivity contribution in [2.24, 2.45) is 0 Å². The third-order valence-electron chi connectivity index (χ3n) is 1.22. The highest BCUT2D eigenvalue weighted by atomic mass is 16.4. The summed E-state index contributed by atoms with van der Waals surface area (Å²) < 4.78 is 0. The molecule has 0 atom stereocenters. The highest BCUT2D eigenvalue weighted by molar-refractivity contribution is 5.88. The first-order valence-corrected chi connectivity index (χ1v) is 3.59. The van der Waals surface area contributed by atoms with Gasteiger partial charge >= 0.3 is 5.97 Å². The number of carbonyl (C=O) groups is 1. The summed E-state index contributed by atoms with van der Waals surface area (Å²) in [7, 11) is 0. The lowest BCUT2D eigenvalue weighted by atomic mass is 10.2. The van der Waals surface area contributed by atoms with Crippen LogP contribution >= 0.6 is 0 Å². The zero-order valence-electron chi connectivity index (χ0n) is 7.43. The van der Waals surface area contributed by atoms with E-state index in [9.17, 15) is 4.79 Å². The maximum Gasteiger partial charge on any atom is 0.335 e. The molecule has 0 amide bonds. The Labute approximate surface area is 80.5 Å². The molecule has 3 N–H and O–H groups in total. The fourth-order valence-electron chi connectivity index (χ4n) is 0.656. The number of nitriles is 1. The minimum atomic E-state index is -1.14. The van der Waals surface area contributed by atoms with Gasteiger partial charge in [-0.3, -0.25) is 0 Å². The molecule has 0 bridgehead atoms. The first kappa shape index (κ1) is 11.8. The van der Waals surface area contributed by atoms with Crippen LogP contribution in [0, 0.1) is 11.3 Å². The number of phenols is 2. The first-order chi connectivity index (χ1) is 6.52. The van der Waals surface area contributed by atoms with Crippen LogP contribution in [0.4, 0.5) is 0 Å². The van der Waals surface area contributed by atoms with Gasteiger partial charge in [0.15, 0.2) is 11.5 Å². The van der Waals surface area contributed by atoms with Crippen LogP contribution in [0.2, 0.25) is 0 Å². The maximum atomic E-state index is 10.3. The molecule has 14 heavy (non-hydrogen) atoms. The average molecular weight is 195 g/mol. The number of hydrogen-bond donors (Lipinski definition) is 3. The van der Waals surface area contributed by atoms with Crippen molar-refractivity contribution in [3.05, 3.63) is 23.8 Å². The smallest absolute Gasteiger partial charge is 0.335 e. The molecule has 5 nitrogen and oxygen atoms in total. The Morgan fingerprint density at radius 1 is 1.36 bits per heavy atom. The van der Waals surface area contributed by atoms with Crippen LogP contribution in [0.5, 0.6) is 11.5 Å². The Morgan fingerprint density at radius 2 is 1.86 bits per heavy atom. The van der Waals surface area contributed by atoms with E-state index in [-0.39, 0.29) is 11.3 Å². The summed E-state index contributed by atoms with van der Waals surface area (Å²) in [5, 5.41) is 33.3. The summed E-state index contributed by atoms with van der Waals surface area (Å²) in [4.78, 5) is 10.3. The standard InChI is InChI=1S/C7H6O4.C2H3N/c8-5-2-1-4(7(10)11)3-6(5)9;1-2-3/h1-3,8-9H,(H,10,11);1H3. The molecule has 0 radical (unpaired) electrons. The molecule has 0 aliphatic rings. The van der Waals surface area contributed by atoms with E-state index in [1.54, 1.807) is 6.07 Å². The molecule has 1 aromatic rings. The summed E-state index contributed by atoms with van der Waals surface area (Å²) >= 11 is 0. The SMILES string of the molecule is CC#N.O=C(O)c1ccc(O)c(O)c1. The first-order valence-electron chi connectivity index (χ1n) is 3.59. The third-order valence-corrected chi connectivity index (χ3v) is 1.22. The second-order valence-electron chi connectivity index (χ2n) is 2.23. The second-order valence-corrected chi connectivity index (χ2v) is 2.23. The maximum absolute atomic E-state index is 10.3. The summed E-state index contributed by atoms with van der Waals surface area (Å²) in [6.07, 6.45) is 0. The number of nitrogens with zero attached hydrogens (tertiary/aromatic N) is 1. The number of aromatic hydroxyl groups is 2. The van der Waals surface area contributed by atoms with Crippen molar-refractivity contribution in [2.75, 3.05) is 0 Å². The zero-order chi connectivity index (χ0) is 11.1. The molecule has 0 aliphatic heterocycles. The quantitative estimate of drug-likeness (QED) is 0.586. The van der Waals surface area contributed by atoms with E-state index in [1.165, 1.54) is 13.0 Å². The van der Waals surface area contributed by atoms with Gasteiger partial charge in [-0.05, 0) is 18.2 Å². The second kappa shape index (κ2) is 5.43. The van der Waals surface area contributed by atoms with E-state index in [0.717, 1.165) is 12.1 Å². The number of hydrogen-bond acceptors (Lipinski definition) is 4. The minimum Gasteiger partial charge on any atom is -0.504 e. The minimum absolute atomic E-state index is 0.0553. The largest absolute Gasteiger partial charge is 0.504 e. The van der Waals surface area contributed by atoms with Crippen molar-refractivity contribution in [1.82, 2.24) is 0 Å². The van der Waals surface area contributed by atoms with Gasteiger partial charge in [-0.2, -0.15) is 5.26 Å². The number of rotatable bonds is 1. The molecule has 0 unspecified atom stereocenters. The lowest BCUT2D eigenvalue weighted by Crippen LogP contribution is -1.94. The molecule has 1 aromatic carbocycles. The molecule has 0 aromatic heterocycles. The van der Waals surface area contributed by atoms with Gasteiger partial charge in [0.2, 0.25) is 0 Å². The molecule has 0 saturated heterocycles. The zero-order valence-corrected chi connectivity index (χ0v) is 7.43. The van der Waals surface area contributed by atoms with E-state index in [4.69, 9.17) is 20.6 Å². The van der Waals surface area contributed by atoms with Gasteiger partial charge in [0, 0.05) is 6.92 Å². The van der Waals surface area contributed by atoms with E-state index in [0.29, 0.717) is 0 Å². The summed E-state index contributed by atoms with van der Waals surface area (Å²) in [5.41, 5.74) is -0.0553. The van der Waals surface area contributed by atoms with Crippen LogP contribution in [0.25, 0.3) is 0 Å². The molecular formula is C9H9NO4. The van der Waals surface area contributed by atoms with Crippen molar-refractivity contribution >= 4 is 5.97 Å². The molecule has 0 aliphatic carbocycles. The van der Waals surface area contributed by atoms with Crippen LogP contribution < -0.4 is 0 Å². The van der Waals surface area contributed by atoms with Gasteiger partial charge in [0.25, 0.3) is 0 Å². The van der Waals surface area contributed by atoms with Crippen molar-refractivity contribution in [2.45, 2.75) is 6.92 Å². The summed E-state index contributed by atoms with van der Waals surface area (Å²) in [5.74, 6) is -1.89. The van der Waals surface area contributed by atoms with Crippen LogP contribution in [0.15, 0.2) is 18.2 Å². The van der Waals surface area contributed by atoms with Gasteiger partial charge in [0.05, 0.1) is 11.6 Å². The van der Waals surface area contributed by atoms with Crippen LogP contribution in [0.3, 0.4) is 0 Å². The Kier molecular flexibility index (Phi) is 4.57. The molecule has 1 rings (SSSR count). The topological polar surface area (TPSA) is 102 Å². The van der Waals surface area contributed by atoms with E-state index >= 15 is 0 Å². The Morgan fingerprint density at radius 3 is 2.21 bits per heavy atom. The fraction of sp³-hybridized carbons (Fsp3) is 0.111. The summed E-state index contributed by atoms with van der Waals surface area (Å²) in [6.45, 7) is 1.43. The third kappa shape index (κ3) is 3.45. The van der Waals surface area contributed by atoms with Gasteiger partial charge in [0.1, 0.15) is 0 Å². The predicted molar refractivity (Wildman–Crippen MR) is 48.0 cm³/mol. The Bertz CT molecular complexity index is 368. The van der Waals surface area contributed by atoms with Gasteiger partial charge in [-0.15, -0.1) is 0 Å². The number of benzene rings is 1. The number of aromatic carboxylic acids is 1. The van der Waals surface area contributed by atoms with Gasteiger partial charge in [-0.25, -0.2) is 4.79 Å². The van der Waals surface area contributed by atoms with E-state index < -0.39 is 11.7 Å². The predicted octanol–water partition coefficient (Wildman–Crippen LogP) is 1.33. The normalized spacial score (nSPS) is 8.00. The van der Waals surface area contributed by atoms with Crippen molar-refractivity contribution < 1.29 is 20.1 Å². The Balaban J connectivity index is 0.000000500. The molecule has 74 valence electrons.